The molecule has 1 aliphatic rings. The quantitative estimate of drug-likeness (QED) is 0.563. The molecule has 0 saturated heterocycles. The summed E-state index contributed by atoms with van der Waals surface area (Å²) < 4.78 is 0. The first-order valence-corrected chi connectivity index (χ1v) is 9.90. The number of nitrogens with zero attached hydrogens (tertiary/aromatic N) is 1. The van der Waals surface area contributed by atoms with Crippen molar-refractivity contribution in [2.75, 3.05) is 37.8 Å². The summed E-state index contributed by atoms with van der Waals surface area (Å²) in [6.45, 7) is 1.63. The molecular weight excluding hydrogens is 382 g/mol. The van der Waals surface area contributed by atoms with Gasteiger partial charge < -0.3 is 26.2 Å². The average Bonchev–Trinajstić information content (AvgIpc) is 2.72. The van der Waals surface area contributed by atoms with E-state index < -0.39 is 0 Å². The Morgan fingerprint density at radius 1 is 1.07 bits per heavy atom. The second-order valence-corrected chi connectivity index (χ2v) is 7.49. The number of amides is 4. The molecule has 158 valence electrons. The van der Waals surface area contributed by atoms with E-state index in [-0.39, 0.29) is 17.8 Å². The maximum absolute atomic E-state index is 12.3. The minimum atomic E-state index is -0.337. The molecule has 1 heterocycles. The average molecular weight is 409 g/mol. The number of likely N-dealkylation sites (N-methyl/N-ethyl adjacent to an activating group) is 1. The van der Waals surface area contributed by atoms with Gasteiger partial charge in [0.05, 0.1) is 0 Å². The van der Waals surface area contributed by atoms with Crippen molar-refractivity contribution in [2.45, 2.75) is 19.4 Å². The molecular formula is C22H27N5O3. The van der Waals surface area contributed by atoms with E-state index in [9.17, 15) is 14.4 Å². The van der Waals surface area contributed by atoms with Crippen molar-refractivity contribution in [3.05, 3.63) is 59.2 Å². The molecule has 0 bridgehead atoms. The Balaban J connectivity index is 1.51. The summed E-state index contributed by atoms with van der Waals surface area (Å²) >= 11 is 0. The van der Waals surface area contributed by atoms with E-state index in [1.807, 2.05) is 31.1 Å². The minimum Gasteiger partial charge on any atom is -0.351 e. The Labute approximate surface area is 176 Å². The summed E-state index contributed by atoms with van der Waals surface area (Å²) in [6, 6.07) is 12.3. The second-order valence-electron chi connectivity index (χ2n) is 7.49. The highest BCUT2D eigenvalue weighted by atomic mass is 16.2. The lowest BCUT2D eigenvalue weighted by atomic mass is 10.0. The van der Waals surface area contributed by atoms with Gasteiger partial charge in [0.15, 0.2) is 0 Å². The van der Waals surface area contributed by atoms with E-state index >= 15 is 0 Å². The summed E-state index contributed by atoms with van der Waals surface area (Å²) in [5.41, 5.74) is 3.85. The van der Waals surface area contributed by atoms with Crippen LogP contribution in [0.5, 0.6) is 0 Å². The van der Waals surface area contributed by atoms with Crippen LogP contribution in [0.3, 0.4) is 0 Å². The fourth-order valence-corrected chi connectivity index (χ4v) is 3.14. The van der Waals surface area contributed by atoms with Gasteiger partial charge in [-0.1, -0.05) is 12.1 Å². The van der Waals surface area contributed by atoms with Crippen molar-refractivity contribution in [1.82, 2.24) is 15.5 Å². The molecule has 0 spiro atoms. The van der Waals surface area contributed by atoms with Crippen molar-refractivity contribution in [3.63, 3.8) is 0 Å². The highest BCUT2D eigenvalue weighted by Gasteiger charge is 2.15. The Morgan fingerprint density at radius 2 is 1.90 bits per heavy atom. The van der Waals surface area contributed by atoms with E-state index in [0.717, 1.165) is 23.4 Å². The minimum absolute atomic E-state index is 0.00886. The van der Waals surface area contributed by atoms with Gasteiger partial charge in [-0.3, -0.25) is 9.59 Å². The summed E-state index contributed by atoms with van der Waals surface area (Å²) in [7, 11) is 3.90. The van der Waals surface area contributed by atoms with E-state index in [4.69, 9.17) is 0 Å². The molecule has 1 aliphatic heterocycles. The highest BCUT2D eigenvalue weighted by Crippen LogP contribution is 2.25. The van der Waals surface area contributed by atoms with Crippen LogP contribution in [-0.4, -0.2) is 49.9 Å². The normalized spacial score (nSPS) is 12.7. The summed E-state index contributed by atoms with van der Waals surface area (Å²) in [5, 5.41) is 11.3. The van der Waals surface area contributed by atoms with Gasteiger partial charge in [-0.25, -0.2) is 4.79 Å². The van der Waals surface area contributed by atoms with Crippen LogP contribution >= 0.6 is 0 Å². The molecule has 3 rings (SSSR count). The third kappa shape index (κ3) is 6.05. The molecule has 4 amide bonds. The lowest BCUT2D eigenvalue weighted by Gasteiger charge is -2.18. The molecule has 0 aliphatic carbocycles. The van der Waals surface area contributed by atoms with Gasteiger partial charge in [-0.05, 0) is 62.0 Å². The fraction of sp³-hybridized carbons (Fsp3) is 0.318. The molecule has 8 nitrogen and oxygen atoms in total. The van der Waals surface area contributed by atoms with Gasteiger partial charge in [0.2, 0.25) is 5.91 Å². The van der Waals surface area contributed by atoms with E-state index in [0.29, 0.717) is 37.2 Å². The van der Waals surface area contributed by atoms with Gasteiger partial charge in [-0.15, -0.1) is 0 Å². The molecule has 0 unspecified atom stereocenters. The highest BCUT2D eigenvalue weighted by molar-refractivity contribution is 5.96. The fourth-order valence-electron chi connectivity index (χ4n) is 3.14. The zero-order chi connectivity index (χ0) is 21.5. The van der Waals surface area contributed by atoms with Crippen LogP contribution in [0.15, 0.2) is 42.5 Å². The molecule has 2 aromatic carbocycles. The molecule has 0 saturated carbocycles. The van der Waals surface area contributed by atoms with Crippen molar-refractivity contribution < 1.29 is 14.4 Å². The third-order valence-corrected chi connectivity index (χ3v) is 4.75. The van der Waals surface area contributed by atoms with Gasteiger partial charge >= 0.3 is 6.03 Å². The Morgan fingerprint density at radius 3 is 2.70 bits per heavy atom. The van der Waals surface area contributed by atoms with Gasteiger partial charge in [-0.2, -0.15) is 0 Å². The third-order valence-electron chi connectivity index (χ3n) is 4.75. The SMILES string of the molecule is CN(C)CCNC(=O)c1cccc(CNC(=O)Nc2ccc3c(c2)CCC(=O)N3)c1. The number of rotatable bonds is 7. The summed E-state index contributed by atoms with van der Waals surface area (Å²) in [6.07, 6.45) is 1.10. The number of fused-ring (bicyclic) bond motifs is 1. The lowest BCUT2D eigenvalue weighted by molar-refractivity contribution is -0.116. The predicted octanol–water partition coefficient (Wildman–Crippen LogP) is 2.18. The molecule has 0 radical (unpaired) electrons. The van der Waals surface area contributed by atoms with Gasteiger partial charge in [0.25, 0.3) is 5.91 Å². The number of carbonyl (C=O) groups is 3. The standard InChI is InChI=1S/C22H27N5O3/c1-27(2)11-10-23-21(29)17-5-3-4-15(12-17)14-24-22(30)25-18-7-8-19-16(13-18)6-9-20(28)26-19/h3-5,7-8,12-13H,6,9-11,14H2,1-2H3,(H,23,29)(H,26,28)(H2,24,25,30). The van der Waals surface area contributed by atoms with Crippen LogP contribution in [0.2, 0.25) is 0 Å². The number of hydrogen-bond donors (Lipinski definition) is 4. The number of benzene rings is 2. The predicted molar refractivity (Wildman–Crippen MR) is 117 cm³/mol. The summed E-state index contributed by atoms with van der Waals surface area (Å²) in [4.78, 5) is 37.9. The molecule has 0 aromatic heterocycles. The maximum atomic E-state index is 12.3. The Kier molecular flexibility index (Phi) is 7.03. The Bertz CT molecular complexity index is 942. The van der Waals surface area contributed by atoms with Crippen molar-refractivity contribution in [3.8, 4) is 0 Å². The zero-order valence-electron chi connectivity index (χ0n) is 17.2. The molecule has 8 heteroatoms. The van der Waals surface area contributed by atoms with Crippen LogP contribution in [0, 0.1) is 0 Å². The van der Waals surface area contributed by atoms with Crippen molar-refractivity contribution in [2.24, 2.45) is 0 Å². The van der Waals surface area contributed by atoms with Crippen molar-refractivity contribution in [1.29, 1.82) is 0 Å². The van der Waals surface area contributed by atoms with Crippen LogP contribution in [0.4, 0.5) is 16.2 Å². The molecule has 0 fully saturated rings. The topological polar surface area (TPSA) is 103 Å². The van der Waals surface area contributed by atoms with E-state index in [1.165, 1.54) is 0 Å². The van der Waals surface area contributed by atoms with E-state index in [2.05, 4.69) is 21.3 Å². The lowest BCUT2D eigenvalue weighted by Crippen LogP contribution is -2.31. The van der Waals surface area contributed by atoms with Gasteiger partial charge in [0.1, 0.15) is 0 Å². The number of nitrogens with one attached hydrogen (secondary N) is 4. The van der Waals surface area contributed by atoms with Crippen LogP contribution in [-0.2, 0) is 17.8 Å². The monoisotopic (exact) mass is 409 g/mol. The zero-order valence-corrected chi connectivity index (χ0v) is 17.2. The summed E-state index contributed by atoms with van der Waals surface area (Å²) in [5.74, 6) is -0.126. The number of urea groups is 1. The van der Waals surface area contributed by atoms with E-state index in [1.54, 1.807) is 30.3 Å². The van der Waals surface area contributed by atoms with Crippen LogP contribution in [0.25, 0.3) is 0 Å². The number of carbonyl (C=O) groups excluding carboxylic acids is 3. The molecule has 30 heavy (non-hydrogen) atoms. The molecule has 4 N–H and O–H groups in total. The first-order valence-electron chi connectivity index (χ1n) is 9.90. The molecule has 0 atom stereocenters. The Hall–Kier alpha value is -3.39. The number of anilines is 2. The smallest absolute Gasteiger partial charge is 0.319 e. The largest absolute Gasteiger partial charge is 0.351 e. The second kappa shape index (κ2) is 9.89. The first kappa shape index (κ1) is 21.3. The number of aryl methyl sites for hydroxylation is 1. The first-order chi connectivity index (χ1) is 14.4. The van der Waals surface area contributed by atoms with Crippen molar-refractivity contribution >= 4 is 29.2 Å². The molecule has 2 aromatic rings. The number of hydrogen-bond acceptors (Lipinski definition) is 4. The van der Waals surface area contributed by atoms with Gasteiger partial charge in [0, 0.05) is 43.0 Å². The van der Waals surface area contributed by atoms with Crippen LogP contribution in [0.1, 0.15) is 27.9 Å². The van der Waals surface area contributed by atoms with Crippen LogP contribution < -0.4 is 21.3 Å². The maximum Gasteiger partial charge on any atom is 0.319 e.